The summed E-state index contributed by atoms with van der Waals surface area (Å²) in [4.78, 5) is 5.29. The van der Waals surface area contributed by atoms with Crippen LogP contribution in [0.4, 0.5) is 9.52 Å². The maximum absolute atomic E-state index is 13.5. The molecule has 1 aliphatic carbocycles. The number of hydrogen-bond acceptors (Lipinski definition) is 4. The monoisotopic (exact) mass is 266 g/mol. The van der Waals surface area contributed by atoms with E-state index in [0.29, 0.717) is 11.7 Å². The molecule has 1 aliphatic rings. The number of aryl methyl sites for hydroxylation is 1. The predicted molar refractivity (Wildman–Crippen MR) is 70.3 cm³/mol. The van der Waals surface area contributed by atoms with Crippen molar-refractivity contribution in [2.75, 3.05) is 5.32 Å². The summed E-state index contributed by atoms with van der Waals surface area (Å²) < 4.78 is 13.5. The lowest BCUT2D eigenvalue weighted by Gasteiger charge is -2.09. The van der Waals surface area contributed by atoms with Crippen molar-refractivity contribution in [3.63, 3.8) is 0 Å². The Morgan fingerprint density at radius 3 is 2.89 bits per heavy atom. The fraction of sp³-hybridized carbons (Fsp3) is 0.500. The molecule has 0 saturated heterocycles. The first-order valence-electron chi connectivity index (χ1n) is 6.17. The Bertz CT molecular complexity index is 542. The first-order valence-corrected chi connectivity index (χ1v) is 6.99. The minimum atomic E-state index is -0.325. The molecule has 0 spiro atoms. The van der Waals surface area contributed by atoms with Crippen LogP contribution < -0.4 is 5.32 Å². The van der Waals surface area contributed by atoms with E-state index in [4.69, 9.17) is 0 Å². The molecule has 1 fully saturated rings. The summed E-state index contributed by atoms with van der Waals surface area (Å²) in [5.74, 6) is -0.325. The number of aromatic nitrogens is 3. The molecule has 0 bridgehead atoms. The molecule has 2 aromatic rings. The average Bonchev–Trinajstić information content (AvgIpc) is 3.02. The van der Waals surface area contributed by atoms with Crippen LogP contribution in [0.1, 0.15) is 31.4 Å². The van der Waals surface area contributed by atoms with Crippen molar-refractivity contribution in [3.8, 4) is 10.6 Å². The molecular weight excluding hydrogens is 251 g/mol. The number of H-pyrrole nitrogens is 1. The van der Waals surface area contributed by atoms with E-state index in [0.717, 1.165) is 15.7 Å². The molecule has 1 saturated carbocycles. The van der Waals surface area contributed by atoms with E-state index in [1.807, 2.05) is 6.92 Å². The van der Waals surface area contributed by atoms with Gasteiger partial charge in [0.1, 0.15) is 5.69 Å². The van der Waals surface area contributed by atoms with Crippen molar-refractivity contribution in [2.45, 2.75) is 38.6 Å². The van der Waals surface area contributed by atoms with Crippen LogP contribution in [0.25, 0.3) is 10.6 Å². The fourth-order valence-corrected chi connectivity index (χ4v) is 3.41. The normalized spacial score (nSPS) is 16.3. The Morgan fingerprint density at radius 2 is 2.22 bits per heavy atom. The fourth-order valence-electron chi connectivity index (χ4n) is 2.37. The third kappa shape index (κ3) is 2.12. The first kappa shape index (κ1) is 11.6. The molecule has 0 amide bonds. The van der Waals surface area contributed by atoms with Crippen LogP contribution in [-0.2, 0) is 0 Å². The lowest BCUT2D eigenvalue weighted by molar-refractivity contribution is 0.632. The Balaban J connectivity index is 1.84. The third-order valence-electron chi connectivity index (χ3n) is 3.30. The van der Waals surface area contributed by atoms with E-state index in [9.17, 15) is 4.39 Å². The zero-order valence-electron chi connectivity index (χ0n) is 10.2. The van der Waals surface area contributed by atoms with Gasteiger partial charge in [0.25, 0.3) is 0 Å². The van der Waals surface area contributed by atoms with Crippen molar-refractivity contribution in [3.05, 3.63) is 17.7 Å². The summed E-state index contributed by atoms with van der Waals surface area (Å²) in [6, 6.07) is 0.523. The molecule has 2 aromatic heterocycles. The topological polar surface area (TPSA) is 53.6 Å². The number of hydrogen-bond donors (Lipinski definition) is 2. The van der Waals surface area contributed by atoms with Gasteiger partial charge in [-0.15, -0.1) is 0 Å². The van der Waals surface area contributed by atoms with Crippen molar-refractivity contribution < 1.29 is 4.39 Å². The summed E-state index contributed by atoms with van der Waals surface area (Å²) in [6.45, 7) is 1.89. The number of nitrogens with one attached hydrogen (secondary N) is 2. The lowest BCUT2D eigenvalue weighted by Crippen LogP contribution is -2.13. The second kappa shape index (κ2) is 4.68. The summed E-state index contributed by atoms with van der Waals surface area (Å²) >= 11 is 1.48. The van der Waals surface area contributed by atoms with Crippen LogP contribution in [0, 0.1) is 12.7 Å². The van der Waals surface area contributed by atoms with Crippen LogP contribution in [0.5, 0.6) is 0 Å². The first-order chi connectivity index (χ1) is 8.74. The van der Waals surface area contributed by atoms with Crippen LogP contribution in [0.2, 0.25) is 0 Å². The number of nitrogens with zero attached hydrogens (tertiary/aromatic N) is 2. The van der Waals surface area contributed by atoms with E-state index >= 15 is 0 Å². The summed E-state index contributed by atoms with van der Waals surface area (Å²) in [5, 5.41) is 10.7. The molecule has 3 rings (SSSR count). The minimum absolute atomic E-state index is 0.325. The lowest BCUT2D eigenvalue weighted by atomic mass is 10.3. The highest BCUT2D eigenvalue weighted by atomic mass is 32.1. The van der Waals surface area contributed by atoms with Crippen molar-refractivity contribution in [1.29, 1.82) is 0 Å². The number of rotatable bonds is 3. The third-order valence-corrected chi connectivity index (χ3v) is 4.41. The van der Waals surface area contributed by atoms with E-state index in [2.05, 4.69) is 20.5 Å². The van der Waals surface area contributed by atoms with Crippen molar-refractivity contribution >= 4 is 16.5 Å². The number of aromatic amines is 1. The quantitative estimate of drug-likeness (QED) is 0.896. The molecule has 6 heteroatoms. The van der Waals surface area contributed by atoms with E-state index in [-0.39, 0.29) is 5.82 Å². The number of anilines is 1. The van der Waals surface area contributed by atoms with Gasteiger partial charge < -0.3 is 5.32 Å². The predicted octanol–water partition coefficient (Wildman–Crippen LogP) is 3.34. The van der Waals surface area contributed by atoms with Crippen LogP contribution >= 0.6 is 11.3 Å². The van der Waals surface area contributed by atoms with Crippen molar-refractivity contribution in [1.82, 2.24) is 15.2 Å². The molecule has 0 unspecified atom stereocenters. The second-order valence-electron chi connectivity index (χ2n) is 4.65. The average molecular weight is 266 g/mol. The van der Waals surface area contributed by atoms with Gasteiger partial charge in [0.05, 0.1) is 16.8 Å². The zero-order chi connectivity index (χ0) is 12.5. The van der Waals surface area contributed by atoms with Crippen LogP contribution in [0.15, 0.2) is 6.20 Å². The van der Waals surface area contributed by atoms with E-state index in [1.54, 1.807) is 0 Å². The SMILES string of the molecule is Cc1nc(NC2CCCC2)sc1-c1[nH]ncc1F. The maximum atomic E-state index is 13.5. The summed E-state index contributed by atoms with van der Waals surface area (Å²) in [5.41, 5.74) is 1.27. The van der Waals surface area contributed by atoms with Gasteiger partial charge in [0, 0.05) is 6.04 Å². The molecular formula is C12H15FN4S. The van der Waals surface area contributed by atoms with Gasteiger partial charge in [-0.05, 0) is 19.8 Å². The van der Waals surface area contributed by atoms with Gasteiger partial charge in [0.15, 0.2) is 10.9 Å². The molecule has 0 aliphatic heterocycles. The van der Waals surface area contributed by atoms with Crippen LogP contribution in [0.3, 0.4) is 0 Å². The Hall–Kier alpha value is -1.43. The highest BCUT2D eigenvalue weighted by Crippen LogP contribution is 2.34. The van der Waals surface area contributed by atoms with Gasteiger partial charge in [-0.1, -0.05) is 24.2 Å². The second-order valence-corrected chi connectivity index (χ2v) is 5.65. The largest absolute Gasteiger partial charge is 0.359 e. The number of thiazole rings is 1. The Kier molecular flexibility index (Phi) is 3.03. The smallest absolute Gasteiger partial charge is 0.183 e. The van der Waals surface area contributed by atoms with Gasteiger partial charge in [-0.25, -0.2) is 9.37 Å². The molecule has 0 aromatic carbocycles. The van der Waals surface area contributed by atoms with Crippen molar-refractivity contribution in [2.24, 2.45) is 0 Å². The van der Waals surface area contributed by atoms with E-state index < -0.39 is 0 Å². The number of halogens is 1. The standard InChI is InChI=1S/C12H15FN4S/c1-7-11(10-9(13)6-14-17-10)18-12(15-7)16-8-4-2-3-5-8/h6,8H,2-5H2,1H3,(H,14,17)(H,15,16). The zero-order valence-corrected chi connectivity index (χ0v) is 11.0. The minimum Gasteiger partial charge on any atom is -0.359 e. The molecule has 0 atom stereocenters. The Morgan fingerprint density at radius 1 is 1.44 bits per heavy atom. The van der Waals surface area contributed by atoms with Gasteiger partial charge in [0.2, 0.25) is 0 Å². The highest BCUT2D eigenvalue weighted by molar-refractivity contribution is 7.19. The van der Waals surface area contributed by atoms with Crippen LogP contribution in [-0.4, -0.2) is 21.2 Å². The van der Waals surface area contributed by atoms with Gasteiger partial charge in [-0.3, -0.25) is 5.10 Å². The molecule has 18 heavy (non-hydrogen) atoms. The molecule has 2 N–H and O–H groups in total. The molecule has 2 heterocycles. The van der Waals surface area contributed by atoms with E-state index in [1.165, 1.54) is 43.2 Å². The molecule has 0 radical (unpaired) electrons. The molecule has 4 nitrogen and oxygen atoms in total. The Labute approximate surface area is 109 Å². The summed E-state index contributed by atoms with van der Waals surface area (Å²) in [7, 11) is 0. The van der Waals surface area contributed by atoms with Gasteiger partial charge in [-0.2, -0.15) is 5.10 Å². The maximum Gasteiger partial charge on any atom is 0.183 e. The highest BCUT2D eigenvalue weighted by Gasteiger charge is 2.19. The summed E-state index contributed by atoms with van der Waals surface area (Å²) in [6.07, 6.45) is 6.16. The molecule has 96 valence electrons. The van der Waals surface area contributed by atoms with Gasteiger partial charge >= 0.3 is 0 Å².